The van der Waals surface area contributed by atoms with Gasteiger partial charge in [-0.25, -0.2) is 0 Å². The van der Waals surface area contributed by atoms with E-state index in [1.54, 1.807) is 7.11 Å². The average molecular weight is 275 g/mol. The number of hydrogen-bond donors (Lipinski definition) is 1. The Balaban J connectivity index is 2.16. The van der Waals surface area contributed by atoms with E-state index in [0.717, 1.165) is 18.6 Å². The molecule has 1 N–H and O–H groups in total. The first-order chi connectivity index (χ1) is 9.39. The molecule has 1 saturated carbocycles. The van der Waals surface area contributed by atoms with Crippen LogP contribution in [0.3, 0.4) is 0 Å². The van der Waals surface area contributed by atoms with Gasteiger partial charge in [-0.2, -0.15) is 0 Å². The molecule has 2 rings (SSSR count). The fourth-order valence-electron chi connectivity index (χ4n) is 2.74. The lowest BCUT2D eigenvalue weighted by molar-refractivity contribution is -0.129. The number of benzene rings is 1. The van der Waals surface area contributed by atoms with Crippen LogP contribution in [0, 0.1) is 5.41 Å². The van der Waals surface area contributed by atoms with Gasteiger partial charge in [-0.15, -0.1) is 0 Å². The average Bonchev–Trinajstić information content (AvgIpc) is 2.36. The Kier molecular flexibility index (Phi) is 4.07. The van der Waals surface area contributed by atoms with E-state index in [-0.39, 0.29) is 16.7 Å². The van der Waals surface area contributed by atoms with Gasteiger partial charge < -0.3 is 10.1 Å². The minimum atomic E-state index is -0.342. The summed E-state index contributed by atoms with van der Waals surface area (Å²) in [5, 5.41) is 3.12. The molecule has 0 heterocycles. The summed E-state index contributed by atoms with van der Waals surface area (Å²) in [5.41, 5.74) is 0.933. The lowest BCUT2D eigenvalue weighted by Gasteiger charge is -2.43. The molecule has 0 spiro atoms. The Morgan fingerprint density at radius 1 is 1.30 bits per heavy atom. The third kappa shape index (κ3) is 2.82. The van der Waals surface area contributed by atoms with Gasteiger partial charge in [0.2, 0.25) is 5.91 Å². The number of carbonyl (C=O) groups is 1. The molecule has 1 aliphatic rings. The van der Waals surface area contributed by atoms with Gasteiger partial charge in [0.25, 0.3) is 0 Å². The van der Waals surface area contributed by atoms with Crippen LogP contribution < -0.4 is 10.1 Å². The molecule has 1 amide bonds. The lowest BCUT2D eigenvalue weighted by Crippen LogP contribution is -2.48. The van der Waals surface area contributed by atoms with E-state index in [0.29, 0.717) is 6.54 Å². The minimum absolute atomic E-state index is 0.0491. The molecule has 110 valence electrons. The molecule has 1 aliphatic carbocycles. The topological polar surface area (TPSA) is 38.3 Å². The third-order valence-corrected chi connectivity index (χ3v) is 4.26. The number of methoxy groups -OCH3 is 1. The van der Waals surface area contributed by atoms with E-state index in [1.165, 1.54) is 12.0 Å². The molecule has 1 aromatic carbocycles. The molecule has 3 nitrogen and oxygen atoms in total. The van der Waals surface area contributed by atoms with Crippen LogP contribution in [-0.2, 0) is 10.2 Å². The molecule has 20 heavy (non-hydrogen) atoms. The van der Waals surface area contributed by atoms with Gasteiger partial charge in [0.05, 0.1) is 7.11 Å². The van der Waals surface area contributed by atoms with Crippen LogP contribution in [0.2, 0.25) is 0 Å². The Morgan fingerprint density at radius 2 is 1.95 bits per heavy atom. The number of rotatable bonds is 4. The Bertz CT molecular complexity index is 484. The van der Waals surface area contributed by atoms with Crippen molar-refractivity contribution in [2.24, 2.45) is 5.41 Å². The van der Waals surface area contributed by atoms with E-state index in [4.69, 9.17) is 4.74 Å². The molecule has 0 atom stereocenters. The monoisotopic (exact) mass is 275 g/mol. The van der Waals surface area contributed by atoms with E-state index in [1.807, 2.05) is 39.0 Å². The quantitative estimate of drug-likeness (QED) is 0.915. The maximum absolute atomic E-state index is 12.1. The second-order valence-electron chi connectivity index (χ2n) is 6.77. The molecule has 0 saturated heterocycles. The molecule has 3 heteroatoms. The predicted molar refractivity (Wildman–Crippen MR) is 81.0 cm³/mol. The van der Waals surface area contributed by atoms with Crippen molar-refractivity contribution < 1.29 is 9.53 Å². The van der Waals surface area contributed by atoms with Crippen LogP contribution in [0.25, 0.3) is 0 Å². The Morgan fingerprint density at radius 3 is 2.45 bits per heavy atom. The summed E-state index contributed by atoms with van der Waals surface area (Å²) in [5.74, 6) is 1.04. The molecule has 0 aliphatic heterocycles. The SMILES string of the molecule is COc1ccccc1C1(CNC(=O)C(C)(C)C)CCC1. The molecule has 0 unspecified atom stereocenters. The van der Waals surface area contributed by atoms with Gasteiger partial charge in [0.15, 0.2) is 0 Å². The zero-order valence-electron chi connectivity index (χ0n) is 13.0. The van der Waals surface area contributed by atoms with Gasteiger partial charge in [0.1, 0.15) is 5.75 Å². The Labute approximate surface area is 121 Å². The van der Waals surface area contributed by atoms with Crippen LogP contribution in [0.15, 0.2) is 24.3 Å². The summed E-state index contributed by atoms with van der Waals surface area (Å²) < 4.78 is 5.49. The summed E-state index contributed by atoms with van der Waals surface area (Å²) >= 11 is 0. The maximum atomic E-state index is 12.1. The standard InChI is InChI=1S/C17H25NO2/c1-16(2,3)15(19)18-12-17(10-7-11-17)13-8-5-6-9-14(13)20-4/h5-6,8-9H,7,10-12H2,1-4H3,(H,18,19). The smallest absolute Gasteiger partial charge is 0.225 e. The molecular formula is C17H25NO2. The van der Waals surface area contributed by atoms with Crippen molar-refractivity contribution >= 4 is 5.91 Å². The van der Waals surface area contributed by atoms with E-state index in [9.17, 15) is 4.79 Å². The first-order valence-corrected chi connectivity index (χ1v) is 7.31. The van der Waals surface area contributed by atoms with Crippen molar-refractivity contribution in [3.8, 4) is 5.75 Å². The molecule has 0 aromatic heterocycles. The van der Waals surface area contributed by atoms with E-state index in [2.05, 4.69) is 11.4 Å². The number of para-hydroxylation sites is 1. The summed E-state index contributed by atoms with van der Waals surface area (Å²) in [6, 6.07) is 8.16. The summed E-state index contributed by atoms with van der Waals surface area (Å²) in [7, 11) is 1.71. The number of amides is 1. The summed E-state index contributed by atoms with van der Waals surface area (Å²) in [4.78, 5) is 12.1. The van der Waals surface area contributed by atoms with Crippen molar-refractivity contribution in [2.45, 2.75) is 45.4 Å². The van der Waals surface area contributed by atoms with E-state index >= 15 is 0 Å². The predicted octanol–water partition coefficient (Wildman–Crippen LogP) is 3.28. The summed E-state index contributed by atoms with van der Waals surface area (Å²) in [6.07, 6.45) is 3.43. The number of ether oxygens (including phenoxy) is 1. The van der Waals surface area contributed by atoms with Crippen LogP contribution in [0.1, 0.15) is 45.6 Å². The molecule has 1 aromatic rings. The minimum Gasteiger partial charge on any atom is -0.496 e. The highest BCUT2D eigenvalue weighted by molar-refractivity contribution is 5.81. The maximum Gasteiger partial charge on any atom is 0.225 e. The largest absolute Gasteiger partial charge is 0.496 e. The van der Waals surface area contributed by atoms with Gasteiger partial charge >= 0.3 is 0 Å². The van der Waals surface area contributed by atoms with Crippen molar-refractivity contribution in [1.82, 2.24) is 5.32 Å². The van der Waals surface area contributed by atoms with Crippen molar-refractivity contribution in [3.05, 3.63) is 29.8 Å². The van der Waals surface area contributed by atoms with E-state index < -0.39 is 0 Å². The van der Waals surface area contributed by atoms with Crippen LogP contribution in [0.4, 0.5) is 0 Å². The van der Waals surface area contributed by atoms with Crippen molar-refractivity contribution in [3.63, 3.8) is 0 Å². The van der Waals surface area contributed by atoms with Crippen LogP contribution in [-0.4, -0.2) is 19.6 Å². The molecule has 0 bridgehead atoms. The number of nitrogens with one attached hydrogen (secondary N) is 1. The Hall–Kier alpha value is -1.51. The zero-order chi connectivity index (χ0) is 14.8. The third-order valence-electron chi connectivity index (χ3n) is 4.26. The van der Waals surface area contributed by atoms with Crippen LogP contribution in [0.5, 0.6) is 5.75 Å². The molecular weight excluding hydrogens is 250 g/mol. The summed E-state index contributed by atoms with van der Waals surface area (Å²) in [6.45, 7) is 6.53. The van der Waals surface area contributed by atoms with Crippen LogP contribution >= 0.6 is 0 Å². The zero-order valence-corrected chi connectivity index (χ0v) is 13.0. The first-order valence-electron chi connectivity index (χ1n) is 7.31. The number of hydrogen-bond acceptors (Lipinski definition) is 2. The first kappa shape index (κ1) is 14.9. The fourth-order valence-corrected chi connectivity index (χ4v) is 2.74. The normalized spacial score (nSPS) is 17.2. The van der Waals surface area contributed by atoms with Gasteiger partial charge in [0, 0.05) is 22.9 Å². The van der Waals surface area contributed by atoms with Crippen molar-refractivity contribution in [1.29, 1.82) is 0 Å². The second kappa shape index (κ2) is 5.47. The lowest BCUT2D eigenvalue weighted by atomic mass is 9.64. The van der Waals surface area contributed by atoms with Gasteiger partial charge in [-0.05, 0) is 18.9 Å². The number of carbonyl (C=O) groups excluding carboxylic acids is 1. The van der Waals surface area contributed by atoms with Gasteiger partial charge in [-0.3, -0.25) is 4.79 Å². The second-order valence-corrected chi connectivity index (χ2v) is 6.77. The highest BCUT2D eigenvalue weighted by atomic mass is 16.5. The highest BCUT2D eigenvalue weighted by Crippen LogP contribution is 2.46. The molecule has 1 fully saturated rings. The van der Waals surface area contributed by atoms with Crippen molar-refractivity contribution in [2.75, 3.05) is 13.7 Å². The highest BCUT2D eigenvalue weighted by Gasteiger charge is 2.41. The molecule has 0 radical (unpaired) electrons. The van der Waals surface area contributed by atoms with Gasteiger partial charge in [-0.1, -0.05) is 45.4 Å². The fraction of sp³-hybridized carbons (Fsp3) is 0.588.